The molecule has 0 aromatic carbocycles. The summed E-state index contributed by atoms with van der Waals surface area (Å²) in [4.78, 5) is 11.0. The highest BCUT2D eigenvalue weighted by atomic mass is 16.7. The minimum absolute atomic E-state index is 0.132. The Balaban J connectivity index is 3.04. The van der Waals surface area contributed by atoms with Gasteiger partial charge in [0.2, 0.25) is 0 Å². The van der Waals surface area contributed by atoms with E-state index < -0.39 is 11.8 Å². The summed E-state index contributed by atoms with van der Waals surface area (Å²) in [5.74, 6) is 0.359. The van der Waals surface area contributed by atoms with Crippen LogP contribution in [0.4, 0.5) is 4.79 Å². The Hall–Kier alpha value is -0.730. The van der Waals surface area contributed by atoms with Gasteiger partial charge in [0.25, 0.3) is 0 Å². The van der Waals surface area contributed by atoms with Gasteiger partial charge in [-0.1, -0.05) is 34.1 Å². The number of carboxylic acid groups (broad SMARTS) is 1. The van der Waals surface area contributed by atoms with Crippen molar-refractivity contribution in [2.45, 2.75) is 65.4 Å². The predicted octanol–water partition coefficient (Wildman–Crippen LogP) is 4.07. The van der Waals surface area contributed by atoms with Crippen molar-refractivity contribution in [2.75, 3.05) is 0 Å². The third kappa shape index (κ3) is 2.33. The van der Waals surface area contributed by atoms with Crippen LogP contribution in [0.3, 0.4) is 0 Å². The van der Waals surface area contributed by atoms with Crippen LogP contribution in [0.25, 0.3) is 0 Å². The van der Waals surface area contributed by atoms with Crippen molar-refractivity contribution in [2.24, 2.45) is 11.3 Å². The molecule has 1 aliphatic rings. The van der Waals surface area contributed by atoms with E-state index in [-0.39, 0.29) is 5.41 Å². The van der Waals surface area contributed by atoms with Gasteiger partial charge < -0.3 is 9.84 Å². The van der Waals surface area contributed by atoms with Crippen molar-refractivity contribution < 1.29 is 14.6 Å². The molecule has 3 heteroatoms. The van der Waals surface area contributed by atoms with Crippen molar-refractivity contribution in [3.8, 4) is 0 Å². The average Bonchev–Trinajstić information content (AvgIpc) is 2.15. The standard InChI is InChI=1S/C13H24O3/c1-5-10-8-6-7-9-13(10,12(2,3)4)16-11(14)15/h10H,5-9H2,1-4H3,(H,14,15). The Bertz CT molecular complexity index is 254. The number of rotatable bonds is 2. The summed E-state index contributed by atoms with van der Waals surface area (Å²) < 4.78 is 5.36. The molecule has 0 aromatic heterocycles. The van der Waals surface area contributed by atoms with Gasteiger partial charge in [0, 0.05) is 5.41 Å². The molecule has 3 nitrogen and oxygen atoms in total. The lowest BCUT2D eigenvalue weighted by molar-refractivity contribution is -0.143. The molecular formula is C13H24O3. The van der Waals surface area contributed by atoms with Crippen LogP contribution in [-0.4, -0.2) is 16.9 Å². The zero-order valence-electron chi connectivity index (χ0n) is 10.9. The lowest BCUT2D eigenvalue weighted by atomic mass is 9.61. The molecule has 16 heavy (non-hydrogen) atoms. The van der Waals surface area contributed by atoms with E-state index in [1.807, 2.05) is 0 Å². The summed E-state index contributed by atoms with van der Waals surface area (Å²) in [6.07, 6.45) is 4.07. The lowest BCUT2D eigenvalue weighted by Crippen LogP contribution is -2.54. The van der Waals surface area contributed by atoms with Gasteiger partial charge in [0.15, 0.2) is 0 Å². The van der Waals surface area contributed by atoms with E-state index in [0.29, 0.717) is 5.92 Å². The minimum Gasteiger partial charge on any atom is -0.450 e. The van der Waals surface area contributed by atoms with Gasteiger partial charge in [-0.25, -0.2) is 4.79 Å². The molecule has 0 aromatic rings. The maximum Gasteiger partial charge on any atom is 0.506 e. The average molecular weight is 228 g/mol. The SMILES string of the molecule is CCC1CCCCC1(OC(=O)O)C(C)(C)C. The minimum atomic E-state index is -1.13. The second kappa shape index (κ2) is 4.64. The summed E-state index contributed by atoms with van der Waals surface area (Å²) in [5, 5.41) is 8.99. The number of hydrogen-bond acceptors (Lipinski definition) is 2. The summed E-state index contributed by atoms with van der Waals surface area (Å²) in [6, 6.07) is 0. The molecule has 1 rings (SSSR count). The highest BCUT2D eigenvalue weighted by molar-refractivity contribution is 5.58. The van der Waals surface area contributed by atoms with Gasteiger partial charge in [0.05, 0.1) is 0 Å². The monoisotopic (exact) mass is 228 g/mol. The van der Waals surface area contributed by atoms with Crippen LogP contribution < -0.4 is 0 Å². The van der Waals surface area contributed by atoms with Crippen molar-refractivity contribution in [3.05, 3.63) is 0 Å². The summed E-state index contributed by atoms with van der Waals surface area (Å²) >= 11 is 0. The van der Waals surface area contributed by atoms with Crippen LogP contribution >= 0.6 is 0 Å². The molecule has 0 radical (unpaired) electrons. The molecule has 0 heterocycles. The second-order valence-electron chi connectivity index (χ2n) is 5.86. The summed E-state index contributed by atoms with van der Waals surface area (Å²) in [5.41, 5.74) is -0.627. The molecule has 0 spiro atoms. The Kier molecular flexibility index (Phi) is 3.87. The van der Waals surface area contributed by atoms with E-state index in [9.17, 15) is 4.79 Å². The predicted molar refractivity (Wildman–Crippen MR) is 63.5 cm³/mol. The highest BCUT2D eigenvalue weighted by Gasteiger charge is 2.51. The van der Waals surface area contributed by atoms with Crippen LogP contribution in [0.5, 0.6) is 0 Å². The topological polar surface area (TPSA) is 46.5 Å². The van der Waals surface area contributed by atoms with E-state index in [1.165, 1.54) is 6.42 Å². The van der Waals surface area contributed by atoms with E-state index >= 15 is 0 Å². The zero-order chi connectivity index (χ0) is 12.4. The van der Waals surface area contributed by atoms with Crippen molar-refractivity contribution >= 4 is 6.16 Å². The first kappa shape index (κ1) is 13.3. The first-order valence-corrected chi connectivity index (χ1v) is 6.25. The van der Waals surface area contributed by atoms with Gasteiger partial charge in [-0.3, -0.25) is 0 Å². The maximum absolute atomic E-state index is 11.0. The van der Waals surface area contributed by atoms with Gasteiger partial charge in [-0.15, -0.1) is 0 Å². The fraction of sp³-hybridized carbons (Fsp3) is 0.923. The van der Waals surface area contributed by atoms with Gasteiger partial charge in [-0.2, -0.15) is 0 Å². The first-order valence-electron chi connectivity index (χ1n) is 6.25. The van der Waals surface area contributed by atoms with Crippen LogP contribution in [0.2, 0.25) is 0 Å². The quantitative estimate of drug-likeness (QED) is 0.725. The largest absolute Gasteiger partial charge is 0.506 e. The third-order valence-corrected chi connectivity index (χ3v) is 4.04. The number of ether oxygens (including phenoxy) is 1. The third-order valence-electron chi connectivity index (χ3n) is 4.04. The summed E-state index contributed by atoms with van der Waals surface area (Å²) in [7, 11) is 0. The highest BCUT2D eigenvalue weighted by Crippen LogP contribution is 2.49. The molecular weight excluding hydrogens is 204 g/mol. The molecule has 0 saturated heterocycles. The normalized spacial score (nSPS) is 31.1. The van der Waals surface area contributed by atoms with E-state index in [4.69, 9.17) is 9.84 Å². The smallest absolute Gasteiger partial charge is 0.450 e. The maximum atomic E-state index is 11.0. The number of hydrogen-bond donors (Lipinski definition) is 1. The zero-order valence-corrected chi connectivity index (χ0v) is 10.9. The lowest BCUT2D eigenvalue weighted by Gasteiger charge is -2.50. The molecule has 2 atom stereocenters. The molecule has 1 fully saturated rings. The van der Waals surface area contributed by atoms with Gasteiger partial charge in [0.1, 0.15) is 5.60 Å². The Morgan fingerprint density at radius 2 is 2.06 bits per heavy atom. The molecule has 1 saturated carbocycles. The van der Waals surface area contributed by atoms with Crippen molar-refractivity contribution in [1.82, 2.24) is 0 Å². The van der Waals surface area contributed by atoms with Crippen LogP contribution in [0, 0.1) is 11.3 Å². The van der Waals surface area contributed by atoms with Crippen LogP contribution in [-0.2, 0) is 4.74 Å². The van der Waals surface area contributed by atoms with Gasteiger partial charge >= 0.3 is 6.16 Å². The summed E-state index contributed by atoms with van der Waals surface area (Å²) in [6.45, 7) is 8.39. The van der Waals surface area contributed by atoms with E-state index in [1.54, 1.807) is 0 Å². The Morgan fingerprint density at radius 3 is 2.50 bits per heavy atom. The Labute approximate surface area is 98.2 Å². The Morgan fingerprint density at radius 1 is 1.44 bits per heavy atom. The first-order chi connectivity index (χ1) is 7.33. The molecule has 0 aliphatic heterocycles. The van der Waals surface area contributed by atoms with Crippen molar-refractivity contribution in [1.29, 1.82) is 0 Å². The fourth-order valence-corrected chi connectivity index (χ4v) is 3.18. The van der Waals surface area contributed by atoms with Gasteiger partial charge in [-0.05, 0) is 31.6 Å². The number of carbonyl (C=O) groups is 1. The van der Waals surface area contributed by atoms with E-state index in [2.05, 4.69) is 27.7 Å². The molecule has 0 amide bonds. The molecule has 1 aliphatic carbocycles. The van der Waals surface area contributed by atoms with Crippen LogP contribution in [0.1, 0.15) is 59.8 Å². The van der Waals surface area contributed by atoms with Crippen molar-refractivity contribution in [3.63, 3.8) is 0 Å². The van der Waals surface area contributed by atoms with E-state index in [0.717, 1.165) is 25.7 Å². The molecule has 0 bridgehead atoms. The van der Waals surface area contributed by atoms with Crippen LogP contribution in [0.15, 0.2) is 0 Å². The fourth-order valence-electron chi connectivity index (χ4n) is 3.18. The second-order valence-corrected chi connectivity index (χ2v) is 5.86. The molecule has 1 N–H and O–H groups in total. The molecule has 94 valence electrons. The molecule has 2 unspecified atom stereocenters.